The first-order valence-corrected chi connectivity index (χ1v) is 7.84. The quantitative estimate of drug-likeness (QED) is 0.658. The van der Waals surface area contributed by atoms with Crippen LogP contribution in [0.3, 0.4) is 0 Å². The van der Waals surface area contributed by atoms with Crippen LogP contribution in [-0.2, 0) is 21.8 Å². The number of nitrogens with zero attached hydrogens (tertiary/aromatic N) is 1. The summed E-state index contributed by atoms with van der Waals surface area (Å²) in [6, 6.07) is 1.13. The SMILES string of the molecule is CCCCOCCNS(=O)(=O)c1cc(C(=O)O)n(C)c1. The third-order valence-corrected chi connectivity index (χ3v) is 4.12. The molecule has 0 aliphatic heterocycles. The summed E-state index contributed by atoms with van der Waals surface area (Å²) < 4.78 is 32.7. The summed E-state index contributed by atoms with van der Waals surface area (Å²) in [5, 5.41) is 8.89. The van der Waals surface area contributed by atoms with Crippen molar-refractivity contribution in [3.63, 3.8) is 0 Å². The Kier molecular flexibility index (Phi) is 6.18. The number of nitrogens with one attached hydrogen (secondary N) is 1. The van der Waals surface area contributed by atoms with Gasteiger partial charge in [-0.1, -0.05) is 13.3 Å². The molecule has 0 aromatic carbocycles. The number of sulfonamides is 1. The maximum absolute atomic E-state index is 11.9. The molecule has 0 radical (unpaired) electrons. The van der Waals surface area contributed by atoms with Gasteiger partial charge in [-0.15, -0.1) is 0 Å². The normalized spacial score (nSPS) is 11.7. The van der Waals surface area contributed by atoms with E-state index >= 15 is 0 Å². The Labute approximate surface area is 118 Å². The number of hydrogen-bond acceptors (Lipinski definition) is 4. The molecule has 0 unspecified atom stereocenters. The summed E-state index contributed by atoms with van der Waals surface area (Å²) in [5.41, 5.74) is -0.0791. The molecule has 0 amide bonds. The molecule has 0 atom stereocenters. The van der Waals surface area contributed by atoms with Crippen molar-refractivity contribution in [1.82, 2.24) is 9.29 Å². The van der Waals surface area contributed by atoms with Crippen LogP contribution in [0.1, 0.15) is 30.3 Å². The van der Waals surface area contributed by atoms with Gasteiger partial charge >= 0.3 is 5.97 Å². The van der Waals surface area contributed by atoms with Gasteiger partial charge in [-0.2, -0.15) is 0 Å². The number of carboxylic acids is 1. The second kappa shape index (κ2) is 7.41. The number of aryl methyl sites for hydroxylation is 1. The van der Waals surface area contributed by atoms with Crippen LogP contribution in [0.25, 0.3) is 0 Å². The van der Waals surface area contributed by atoms with Crippen molar-refractivity contribution < 1.29 is 23.1 Å². The summed E-state index contributed by atoms with van der Waals surface area (Å²) >= 11 is 0. The summed E-state index contributed by atoms with van der Waals surface area (Å²) in [6.07, 6.45) is 3.23. The van der Waals surface area contributed by atoms with E-state index < -0.39 is 16.0 Å². The standard InChI is InChI=1S/C12H20N2O5S/c1-3-4-6-19-7-5-13-20(17,18)10-8-11(12(15)16)14(2)9-10/h8-9,13H,3-7H2,1-2H3,(H,15,16). The van der Waals surface area contributed by atoms with E-state index in [4.69, 9.17) is 9.84 Å². The number of aromatic nitrogens is 1. The Morgan fingerprint density at radius 3 is 2.70 bits per heavy atom. The fourth-order valence-electron chi connectivity index (χ4n) is 1.57. The molecule has 2 N–H and O–H groups in total. The Bertz CT molecular complexity index is 550. The monoisotopic (exact) mass is 304 g/mol. The number of rotatable bonds is 9. The average Bonchev–Trinajstić information content (AvgIpc) is 2.76. The van der Waals surface area contributed by atoms with Gasteiger partial charge in [-0.3, -0.25) is 0 Å². The van der Waals surface area contributed by atoms with Gasteiger partial charge < -0.3 is 14.4 Å². The summed E-state index contributed by atoms with van der Waals surface area (Å²) in [7, 11) is -2.22. The highest BCUT2D eigenvalue weighted by molar-refractivity contribution is 7.89. The molecule has 0 saturated carbocycles. The van der Waals surface area contributed by atoms with Crippen molar-refractivity contribution in [1.29, 1.82) is 0 Å². The lowest BCUT2D eigenvalue weighted by Gasteiger charge is -2.05. The maximum atomic E-state index is 11.9. The minimum Gasteiger partial charge on any atom is -0.477 e. The van der Waals surface area contributed by atoms with Crippen LogP contribution in [0.5, 0.6) is 0 Å². The molecular weight excluding hydrogens is 284 g/mol. The number of aromatic carboxylic acids is 1. The van der Waals surface area contributed by atoms with Crippen LogP contribution in [0.15, 0.2) is 17.2 Å². The van der Waals surface area contributed by atoms with Crippen LogP contribution in [0.4, 0.5) is 0 Å². The average molecular weight is 304 g/mol. The van der Waals surface area contributed by atoms with Gasteiger partial charge in [0.25, 0.3) is 0 Å². The van der Waals surface area contributed by atoms with E-state index in [9.17, 15) is 13.2 Å². The zero-order valence-electron chi connectivity index (χ0n) is 11.6. The van der Waals surface area contributed by atoms with Crippen molar-refractivity contribution >= 4 is 16.0 Å². The molecule has 1 heterocycles. The largest absolute Gasteiger partial charge is 0.477 e. The molecule has 1 aromatic heterocycles. The molecule has 1 aromatic rings. The van der Waals surface area contributed by atoms with E-state index in [1.807, 2.05) is 6.92 Å². The lowest BCUT2D eigenvalue weighted by atomic mass is 10.4. The molecular formula is C12H20N2O5S. The van der Waals surface area contributed by atoms with Gasteiger partial charge in [0.15, 0.2) is 0 Å². The third-order valence-electron chi connectivity index (χ3n) is 2.69. The fourth-order valence-corrected chi connectivity index (χ4v) is 2.66. The van der Waals surface area contributed by atoms with Crippen molar-refractivity contribution in [2.24, 2.45) is 7.05 Å². The highest BCUT2D eigenvalue weighted by Crippen LogP contribution is 2.13. The molecule has 8 heteroatoms. The van der Waals surface area contributed by atoms with Crippen molar-refractivity contribution in [3.05, 3.63) is 18.0 Å². The highest BCUT2D eigenvalue weighted by atomic mass is 32.2. The van der Waals surface area contributed by atoms with E-state index in [0.717, 1.165) is 18.9 Å². The summed E-state index contributed by atoms with van der Waals surface area (Å²) in [6.45, 7) is 3.09. The van der Waals surface area contributed by atoms with Gasteiger partial charge in [0, 0.05) is 26.4 Å². The summed E-state index contributed by atoms with van der Waals surface area (Å²) in [5.74, 6) is -1.17. The first-order valence-electron chi connectivity index (χ1n) is 6.35. The van der Waals surface area contributed by atoms with E-state index in [0.29, 0.717) is 6.61 Å². The van der Waals surface area contributed by atoms with E-state index in [1.54, 1.807) is 0 Å². The first-order chi connectivity index (χ1) is 9.38. The molecule has 0 aliphatic carbocycles. The predicted octanol–water partition coefficient (Wildman–Crippen LogP) is 0.818. The second-order valence-electron chi connectivity index (χ2n) is 4.34. The fraction of sp³-hybridized carbons (Fsp3) is 0.583. The van der Waals surface area contributed by atoms with Crippen LogP contribution in [0, 0.1) is 0 Å². The third kappa shape index (κ3) is 4.62. The Morgan fingerprint density at radius 2 is 2.15 bits per heavy atom. The van der Waals surface area contributed by atoms with E-state index in [1.165, 1.54) is 17.8 Å². The molecule has 0 spiro atoms. The lowest BCUT2D eigenvalue weighted by molar-refractivity contribution is 0.0686. The van der Waals surface area contributed by atoms with Crippen LogP contribution in [0.2, 0.25) is 0 Å². The molecule has 7 nitrogen and oxygen atoms in total. The highest BCUT2D eigenvalue weighted by Gasteiger charge is 2.19. The predicted molar refractivity (Wildman–Crippen MR) is 73.3 cm³/mol. The van der Waals surface area contributed by atoms with Gasteiger partial charge in [0.1, 0.15) is 10.6 Å². The van der Waals surface area contributed by atoms with Gasteiger partial charge in [-0.25, -0.2) is 17.9 Å². The number of carboxylic acid groups (broad SMARTS) is 1. The molecule has 0 fully saturated rings. The first kappa shape index (κ1) is 16.7. The number of hydrogen-bond donors (Lipinski definition) is 2. The maximum Gasteiger partial charge on any atom is 0.352 e. The van der Waals surface area contributed by atoms with Gasteiger partial charge in [0.2, 0.25) is 10.0 Å². The Balaban J connectivity index is 2.56. The Morgan fingerprint density at radius 1 is 1.45 bits per heavy atom. The van der Waals surface area contributed by atoms with Gasteiger partial charge in [0.05, 0.1) is 6.61 Å². The van der Waals surface area contributed by atoms with E-state index in [2.05, 4.69) is 4.72 Å². The van der Waals surface area contributed by atoms with E-state index in [-0.39, 0.29) is 23.7 Å². The molecule has 114 valence electrons. The minimum absolute atomic E-state index is 0.0639. The van der Waals surface area contributed by atoms with Gasteiger partial charge in [-0.05, 0) is 12.5 Å². The molecule has 0 aliphatic rings. The zero-order valence-corrected chi connectivity index (χ0v) is 12.4. The number of carbonyl (C=O) groups is 1. The van der Waals surface area contributed by atoms with Crippen molar-refractivity contribution in [3.8, 4) is 0 Å². The van der Waals surface area contributed by atoms with Crippen LogP contribution in [-0.4, -0.2) is 43.8 Å². The van der Waals surface area contributed by atoms with Crippen molar-refractivity contribution in [2.75, 3.05) is 19.8 Å². The summed E-state index contributed by atoms with van der Waals surface area (Å²) in [4.78, 5) is 10.8. The zero-order chi connectivity index (χ0) is 15.2. The Hall–Kier alpha value is -1.38. The molecule has 20 heavy (non-hydrogen) atoms. The lowest BCUT2D eigenvalue weighted by Crippen LogP contribution is -2.27. The minimum atomic E-state index is -3.70. The number of ether oxygens (including phenoxy) is 1. The number of unbranched alkanes of at least 4 members (excludes halogenated alkanes) is 1. The molecule has 0 saturated heterocycles. The molecule has 0 bridgehead atoms. The van der Waals surface area contributed by atoms with Crippen LogP contribution >= 0.6 is 0 Å². The topological polar surface area (TPSA) is 97.6 Å². The molecule has 1 rings (SSSR count). The van der Waals surface area contributed by atoms with Crippen molar-refractivity contribution in [2.45, 2.75) is 24.7 Å². The van der Waals surface area contributed by atoms with Crippen LogP contribution < -0.4 is 4.72 Å². The smallest absolute Gasteiger partial charge is 0.352 e. The second-order valence-corrected chi connectivity index (χ2v) is 6.11.